The predicted octanol–water partition coefficient (Wildman–Crippen LogP) is 0.0668. The molecule has 20 heavy (non-hydrogen) atoms. The van der Waals surface area contributed by atoms with E-state index in [1.807, 2.05) is 0 Å². The molecule has 2 amide bonds. The Morgan fingerprint density at radius 2 is 1.30 bits per heavy atom. The fraction of sp³-hybridized carbons (Fsp3) is 0.125. The second kappa shape index (κ2) is 4.49. The van der Waals surface area contributed by atoms with E-state index in [1.54, 1.807) is 34.1 Å². The Morgan fingerprint density at radius 1 is 0.900 bits per heavy atom. The summed E-state index contributed by atoms with van der Waals surface area (Å²) < 4.78 is 0. The molecule has 0 atom stereocenters. The average molecular weight is 264 g/mol. The van der Waals surface area contributed by atoms with Crippen molar-refractivity contribution in [3.8, 4) is 0 Å². The molecule has 0 bridgehead atoms. The molecule has 0 N–H and O–H groups in total. The van der Waals surface area contributed by atoms with Crippen LogP contribution in [-0.4, -0.2) is 24.9 Å². The topological polar surface area (TPSA) is 40.6 Å². The van der Waals surface area contributed by atoms with Crippen LogP contribution in [0.5, 0.6) is 0 Å². The zero-order valence-electron chi connectivity index (χ0n) is 10.8. The van der Waals surface area contributed by atoms with Crippen LogP contribution in [0, 0.1) is 0 Å². The molecule has 4 nitrogen and oxygen atoms in total. The summed E-state index contributed by atoms with van der Waals surface area (Å²) in [6.07, 6.45) is 8.89. The fourth-order valence-corrected chi connectivity index (χ4v) is 2.43. The van der Waals surface area contributed by atoms with Gasteiger partial charge in [-0.3, -0.25) is 9.59 Å². The van der Waals surface area contributed by atoms with Crippen molar-refractivity contribution in [3.05, 3.63) is 47.9 Å². The largest absolute Gasteiger partial charge is 0.304 e. The summed E-state index contributed by atoms with van der Waals surface area (Å²) in [4.78, 5) is 26.9. The van der Waals surface area contributed by atoms with E-state index in [1.165, 1.54) is 0 Å². The molecule has 2 aliphatic heterocycles. The van der Waals surface area contributed by atoms with Crippen molar-refractivity contribution in [1.82, 2.24) is 0 Å². The summed E-state index contributed by atoms with van der Waals surface area (Å²) in [5, 5.41) is 1.39. The minimum atomic E-state index is -0.190. The molecule has 0 aromatic heterocycles. The average Bonchev–Trinajstić information content (AvgIpc) is 2.87. The van der Waals surface area contributed by atoms with Crippen LogP contribution in [0.3, 0.4) is 0 Å². The van der Waals surface area contributed by atoms with Crippen molar-refractivity contribution in [1.29, 1.82) is 0 Å². The molecule has 98 valence electrons. The number of fused-ring (bicyclic) bond motifs is 2. The standard InChI is InChI=1S/C16H12N2O2/c1-3-5-17-13-7-12-10-16(20)18(6-4-2)14(12)8-11(13)9-15(17)19/h3-4,7-8H,1-2,5-6H2. The highest BCUT2D eigenvalue weighted by Crippen LogP contribution is 2.19. The highest BCUT2D eigenvalue weighted by atomic mass is 16.2. The first-order valence-electron chi connectivity index (χ1n) is 6.22. The van der Waals surface area contributed by atoms with Gasteiger partial charge in [0.05, 0.1) is 23.5 Å². The summed E-state index contributed by atoms with van der Waals surface area (Å²) in [5.41, 5.74) is 1.49. The second-order valence-corrected chi connectivity index (χ2v) is 4.55. The molecule has 1 aromatic rings. The molecule has 0 saturated heterocycles. The number of hydrogen-bond donors (Lipinski definition) is 0. The van der Waals surface area contributed by atoms with Gasteiger partial charge in [-0.05, 0) is 12.1 Å². The van der Waals surface area contributed by atoms with E-state index in [-0.39, 0.29) is 11.8 Å². The number of rotatable bonds is 4. The van der Waals surface area contributed by atoms with Crippen LogP contribution in [0.1, 0.15) is 0 Å². The molecule has 0 aliphatic carbocycles. The summed E-state index contributed by atoms with van der Waals surface area (Å²) in [5.74, 6) is -0.379. The lowest BCUT2D eigenvalue weighted by atomic mass is 10.2. The number of carbonyl (C=O) groups is 2. The Labute approximate surface area is 116 Å². The SMILES string of the molecule is C=CCN1C(=O)[C]=c2cc3c(cc21)=[C]C(=O)N3CC=C. The molecule has 0 saturated carbocycles. The maximum Gasteiger partial charge on any atom is 0.260 e. The van der Waals surface area contributed by atoms with E-state index in [9.17, 15) is 9.59 Å². The van der Waals surface area contributed by atoms with Crippen molar-refractivity contribution in [2.45, 2.75) is 0 Å². The normalized spacial score (nSPS) is 15.6. The summed E-state index contributed by atoms with van der Waals surface area (Å²) in [6, 6.07) is 3.60. The number of benzene rings is 1. The first kappa shape index (κ1) is 12.4. The minimum absolute atomic E-state index is 0.190. The summed E-state index contributed by atoms with van der Waals surface area (Å²) in [6.45, 7) is 8.12. The Kier molecular flexibility index (Phi) is 2.79. The van der Waals surface area contributed by atoms with Gasteiger partial charge in [0.25, 0.3) is 11.8 Å². The Morgan fingerprint density at radius 3 is 1.65 bits per heavy atom. The van der Waals surface area contributed by atoms with E-state index in [4.69, 9.17) is 0 Å². The fourth-order valence-electron chi connectivity index (χ4n) is 2.43. The summed E-state index contributed by atoms with van der Waals surface area (Å²) >= 11 is 0. The number of anilines is 2. The number of nitrogens with zero attached hydrogens (tertiary/aromatic N) is 2. The number of amides is 2. The van der Waals surface area contributed by atoms with Crippen molar-refractivity contribution in [3.63, 3.8) is 0 Å². The summed E-state index contributed by atoms with van der Waals surface area (Å²) in [7, 11) is 0. The second-order valence-electron chi connectivity index (χ2n) is 4.55. The molecule has 2 heterocycles. The van der Waals surface area contributed by atoms with Gasteiger partial charge >= 0.3 is 0 Å². The number of hydrogen-bond acceptors (Lipinski definition) is 2. The molecule has 4 heteroatoms. The Hall–Kier alpha value is -2.62. The van der Waals surface area contributed by atoms with Gasteiger partial charge in [0.1, 0.15) is 0 Å². The quantitative estimate of drug-likeness (QED) is 0.722. The van der Waals surface area contributed by atoms with E-state index >= 15 is 0 Å². The zero-order chi connectivity index (χ0) is 14.3. The van der Waals surface area contributed by atoms with E-state index < -0.39 is 0 Å². The van der Waals surface area contributed by atoms with Crippen LogP contribution in [0.15, 0.2) is 37.4 Å². The zero-order valence-corrected chi connectivity index (χ0v) is 10.8. The van der Waals surface area contributed by atoms with Crippen molar-refractivity contribution >= 4 is 35.3 Å². The molecular formula is C16H12N2O2. The molecule has 2 aliphatic rings. The molecular weight excluding hydrogens is 252 g/mol. The lowest BCUT2D eigenvalue weighted by Crippen LogP contribution is -2.29. The molecule has 0 spiro atoms. The third kappa shape index (κ3) is 1.69. The maximum atomic E-state index is 11.9. The maximum absolute atomic E-state index is 11.9. The van der Waals surface area contributed by atoms with E-state index in [0.717, 1.165) is 11.4 Å². The molecule has 0 fully saturated rings. The van der Waals surface area contributed by atoms with Gasteiger partial charge in [-0.1, -0.05) is 12.2 Å². The third-order valence-corrected chi connectivity index (χ3v) is 3.29. The molecule has 2 radical (unpaired) electrons. The van der Waals surface area contributed by atoms with Crippen molar-refractivity contribution in [2.75, 3.05) is 22.9 Å². The molecule has 0 unspecified atom stereocenters. The van der Waals surface area contributed by atoms with Gasteiger partial charge in [-0.25, -0.2) is 0 Å². The highest BCUT2D eigenvalue weighted by molar-refractivity contribution is 6.21. The van der Waals surface area contributed by atoms with Crippen molar-refractivity contribution in [2.24, 2.45) is 0 Å². The minimum Gasteiger partial charge on any atom is -0.304 e. The highest BCUT2D eigenvalue weighted by Gasteiger charge is 2.26. The lowest BCUT2D eigenvalue weighted by Gasteiger charge is -2.17. The van der Waals surface area contributed by atoms with Crippen LogP contribution in [0.2, 0.25) is 0 Å². The van der Waals surface area contributed by atoms with Crippen LogP contribution in [0.25, 0.3) is 12.2 Å². The van der Waals surface area contributed by atoms with E-state index in [2.05, 4.69) is 25.3 Å². The Balaban J connectivity index is 2.15. The van der Waals surface area contributed by atoms with Crippen LogP contribution in [-0.2, 0) is 9.59 Å². The predicted molar refractivity (Wildman–Crippen MR) is 77.6 cm³/mol. The first-order valence-corrected chi connectivity index (χ1v) is 6.22. The van der Waals surface area contributed by atoms with Crippen molar-refractivity contribution < 1.29 is 9.59 Å². The van der Waals surface area contributed by atoms with Gasteiger partial charge in [-0.15, -0.1) is 13.2 Å². The van der Waals surface area contributed by atoms with Gasteiger partial charge in [0.2, 0.25) is 0 Å². The van der Waals surface area contributed by atoms with Gasteiger partial charge in [-0.2, -0.15) is 0 Å². The van der Waals surface area contributed by atoms with Crippen LogP contribution >= 0.6 is 0 Å². The molecule has 3 rings (SSSR count). The van der Waals surface area contributed by atoms with Crippen LogP contribution < -0.4 is 20.2 Å². The van der Waals surface area contributed by atoms with E-state index in [0.29, 0.717) is 23.5 Å². The monoisotopic (exact) mass is 264 g/mol. The third-order valence-electron chi connectivity index (χ3n) is 3.29. The Bertz CT molecular complexity index is 696. The smallest absolute Gasteiger partial charge is 0.260 e. The lowest BCUT2D eigenvalue weighted by molar-refractivity contribution is -0.113. The van der Waals surface area contributed by atoms with Crippen LogP contribution in [0.4, 0.5) is 11.4 Å². The first-order chi connectivity index (χ1) is 9.65. The van der Waals surface area contributed by atoms with Gasteiger partial charge < -0.3 is 9.80 Å². The molecule has 1 aromatic carbocycles. The number of carbonyl (C=O) groups excluding carboxylic acids is 2. The van der Waals surface area contributed by atoms with Gasteiger partial charge in [0, 0.05) is 23.5 Å². The van der Waals surface area contributed by atoms with Gasteiger partial charge in [0.15, 0.2) is 0 Å².